The fourth-order valence-electron chi connectivity index (χ4n) is 2.48. The van der Waals surface area contributed by atoms with Crippen LogP contribution in [0.1, 0.15) is 0 Å². The third kappa shape index (κ3) is 1.03. The summed E-state index contributed by atoms with van der Waals surface area (Å²) in [4.78, 5) is 6.87. The Morgan fingerprint density at radius 2 is 2.12 bits per heavy atom. The lowest BCUT2D eigenvalue weighted by Gasteiger charge is -2.55. The maximum atomic E-state index is 5.26. The van der Waals surface area contributed by atoms with Crippen molar-refractivity contribution in [3.8, 4) is 0 Å². The molecule has 2 aromatic heterocycles. The van der Waals surface area contributed by atoms with Crippen LogP contribution in [0.2, 0.25) is 0 Å². The molecular formula is C11H12N4O. The minimum Gasteiger partial charge on any atom is -0.380 e. The Bertz CT molecular complexity index is 538. The van der Waals surface area contributed by atoms with Crippen molar-refractivity contribution in [2.24, 2.45) is 5.41 Å². The van der Waals surface area contributed by atoms with Gasteiger partial charge in [-0.2, -0.15) is 5.10 Å². The zero-order chi connectivity index (χ0) is 10.6. The Kier molecular flexibility index (Phi) is 1.46. The van der Waals surface area contributed by atoms with E-state index in [0.717, 1.165) is 37.8 Å². The molecule has 2 aromatic rings. The Labute approximate surface area is 92.6 Å². The maximum Gasteiger partial charge on any atom is 0.157 e. The smallest absolute Gasteiger partial charge is 0.157 e. The van der Waals surface area contributed by atoms with E-state index in [-0.39, 0.29) is 0 Å². The van der Waals surface area contributed by atoms with Crippen LogP contribution >= 0.6 is 0 Å². The first-order valence-electron chi connectivity index (χ1n) is 5.48. The van der Waals surface area contributed by atoms with Crippen molar-refractivity contribution in [2.75, 3.05) is 31.2 Å². The first-order valence-corrected chi connectivity index (χ1v) is 5.48. The van der Waals surface area contributed by atoms with E-state index in [9.17, 15) is 0 Å². The van der Waals surface area contributed by atoms with Crippen LogP contribution in [0.15, 0.2) is 24.5 Å². The highest BCUT2D eigenvalue weighted by molar-refractivity contribution is 5.50. The Hall–Kier alpha value is -1.62. The van der Waals surface area contributed by atoms with Gasteiger partial charge in [-0.15, -0.1) is 0 Å². The minimum absolute atomic E-state index is 0.439. The molecule has 0 unspecified atom stereocenters. The molecule has 0 aliphatic carbocycles. The molecule has 2 aliphatic heterocycles. The summed E-state index contributed by atoms with van der Waals surface area (Å²) in [5.41, 5.74) is 1.34. The first-order chi connectivity index (χ1) is 7.85. The third-order valence-corrected chi connectivity index (χ3v) is 3.44. The lowest BCUT2D eigenvalue weighted by atomic mass is 9.78. The largest absolute Gasteiger partial charge is 0.380 e. The second-order valence-corrected chi connectivity index (χ2v) is 4.77. The molecule has 5 nitrogen and oxygen atoms in total. The molecule has 0 saturated carbocycles. The minimum atomic E-state index is 0.439. The summed E-state index contributed by atoms with van der Waals surface area (Å²) in [5, 5.41) is 4.13. The zero-order valence-electron chi connectivity index (χ0n) is 8.83. The van der Waals surface area contributed by atoms with Gasteiger partial charge in [0.1, 0.15) is 5.82 Å². The van der Waals surface area contributed by atoms with E-state index in [1.54, 1.807) is 10.7 Å². The van der Waals surface area contributed by atoms with Gasteiger partial charge in [0.05, 0.1) is 24.8 Å². The quantitative estimate of drug-likeness (QED) is 0.698. The average molecular weight is 216 g/mol. The van der Waals surface area contributed by atoms with Crippen LogP contribution in [0.5, 0.6) is 0 Å². The predicted molar refractivity (Wildman–Crippen MR) is 58.5 cm³/mol. The van der Waals surface area contributed by atoms with Crippen LogP contribution in [0.4, 0.5) is 5.82 Å². The molecular weight excluding hydrogens is 204 g/mol. The van der Waals surface area contributed by atoms with Crippen molar-refractivity contribution in [3.05, 3.63) is 24.5 Å². The van der Waals surface area contributed by atoms with E-state index < -0.39 is 0 Å². The monoisotopic (exact) mass is 216 g/mol. The molecule has 2 saturated heterocycles. The number of hydrogen-bond donors (Lipinski definition) is 0. The second-order valence-electron chi connectivity index (χ2n) is 4.77. The summed E-state index contributed by atoms with van der Waals surface area (Å²) in [5.74, 6) is 1.05. The maximum absolute atomic E-state index is 5.26. The highest BCUT2D eigenvalue weighted by Gasteiger charge is 2.49. The van der Waals surface area contributed by atoms with Crippen LogP contribution in [0.3, 0.4) is 0 Å². The van der Waals surface area contributed by atoms with Crippen molar-refractivity contribution in [3.63, 3.8) is 0 Å². The molecule has 16 heavy (non-hydrogen) atoms. The van der Waals surface area contributed by atoms with E-state index >= 15 is 0 Å². The van der Waals surface area contributed by atoms with Crippen LogP contribution in [-0.2, 0) is 4.74 Å². The average Bonchev–Trinajstić information content (AvgIpc) is 2.60. The van der Waals surface area contributed by atoms with Crippen LogP contribution < -0.4 is 4.90 Å². The van der Waals surface area contributed by atoms with Gasteiger partial charge >= 0.3 is 0 Å². The molecule has 2 aliphatic rings. The fraction of sp³-hybridized carbons (Fsp3) is 0.455. The van der Waals surface area contributed by atoms with Gasteiger partial charge in [-0.3, -0.25) is 0 Å². The summed E-state index contributed by atoms with van der Waals surface area (Å²) >= 11 is 0. The highest BCUT2D eigenvalue weighted by Crippen LogP contribution is 2.39. The number of hydrogen-bond acceptors (Lipinski definition) is 4. The predicted octanol–water partition coefficient (Wildman–Crippen LogP) is 0.566. The van der Waals surface area contributed by atoms with Gasteiger partial charge in [-0.1, -0.05) is 0 Å². The number of fused-ring (bicyclic) bond motifs is 1. The summed E-state index contributed by atoms with van der Waals surface area (Å²) in [7, 11) is 0. The van der Waals surface area contributed by atoms with Gasteiger partial charge in [0, 0.05) is 25.4 Å². The number of rotatable bonds is 1. The molecule has 1 spiro atoms. The molecule has 4 rings (SSSR count). The van der Waals surface area contributed by atoms with Crippen molar-refractivity contribution < 1.29 is 4.74 Å². The number of nitrogens with zero attached hydrogens (tertiary/aromatic N) is 4. The van der Waals surface area contributed by atoms with E-state index in [2.05, 4.69) is 15.0 Å². The second kappa shape index (κ2) is 2.74. The normalized spacial score (nSPS) is 22.1. The van der Waals surface area contributed by atoms with Crippen LogP contribution in [-0.4, -0.2) is 40.9 Å². The van der Waals surface area contributed by atoms with E-state index in [4.69, 9.17) is 4.74 Å². The first kappa shape index (κ1) is 8.52. The van der Waals surface area contributed by atoms with Gasteiger partial charge in [-0.05, 0) is 6.07 Å². The van der Waals surface area contributed by atoms with E-state index in [0.29, 0.717) is 5.41 Å². The SMILES string of the molecule is c1cc2nc(N3CC4(COC4)C3)ccn2n1. The van der Waals surface area contributed by atoms with Gasteiger partial charge in [0.25, 0.3) is 0 Å². The van der Waals surface area contributed by atoms with Gasteiger partial charge < -0.3 is 9.64 Å². The van der Waals surface area contributed by atoms with E-state index in [1.807, 2.05) is 18.3 Å². The fourth-order valence-corrected chi connectivity index (χ4v) is 2.48. The molecule has 5 heteroatoms. The molecule has 2 fully saturated rings. The van der Waals surface area contributed by atoms with Crippen molar-refractivity contribution in [1.82, 2.24) is 14.6 Å². The van der Waals surface area contributed by atoms with E-state index in [1.165, 1.54) is 0 Å². The molecule has 0 N–H and O–H groups in total. The van der Waals surface area contributed by atoms with Gasteiger partial charge in [0.2, 0.25) is 0 Å². The Morgan fingerprint density at radius 1 is 1.25 bits per heavy atom. The molecule has 82 valence electrons. The van der Waals surface area contributed by atoms with Crippen molar-refractivity contribution in [1.29, 1.82) is 0 Å². The highest BCUT2D eigenvalue weighted by atomic mass is 16.5. The topological polar surface area (TPSA) is 42.7 Å². The third-order valence-electron chi connectivity index (χ3n) is 3.44. The van der Waals surface area contributed by atoms with Crippen molar-refractivity contribution >= 4 is 11.5 Å². The summed E-state index contributed by atoms with van der Waals surface area (Å²) < 4.78 is 7.04. The molecule has 0 bridgehead atoms. The van der Waals surface area contributed by atoms with Crippen LogP contribution in [0.25, 0.3) is 5.65 Å². The molecule has 0 amide bonds. The summed E-state index contributed by atoms with van der Waals surface area (Å²) in [6, 6.07) is 3.94. The van der Waals surface area contributed by atoms with Crippen LogP contribution in [0, 0.1) is 5.41 Å². The Morgan fingerprint density at radius 3 is 2.88 bits per heavy atom. The lowest BCUT2D eigenvalue weighted by molar-refractivity contribution is -0.127. The number of ether oxygens (including phenoxy) is 1. The summed E-state index contributed by atoms with van der Waals surface area (Å²) in [6.45, 7) is 3.98. The summed E-state index contributed by atoms with van der Waals surface area (Å²) in [6.07, 6.45) is 3.73. The number of aromatic nitrogens is 3. The number of anilines is 1. The molecule has 0 radical (unpaired) electrons. The van der Waals surface area contributed by atoms with Crippen molar-refractivity contribution in [2.45, 2.75) is 0 Å². The van der Waals surface area contributed by atoms with Gasteiger partial charge in [-0.25, -0.2) is 9.50 Å². The Balaban J connectivity index is 1.62. The molecule has 4 heterocycles. The lowest BCUT2D eigenvalue weighted by Crippen LogP contribution is -2.66. The zero-order valence-corrected chi connectivity index (χ0v) is 8.83. The van der Waals surface area contributed by atoms with Gasteiger partial charge in [0.15, 0.2) is 5.65 Å². The molecule has 0 aromatic carbocycles. The standard InChI is InChI=1S/C11H12N4O/c1-3-12-15-4-2-9(13-10(1)15)14-5-11(6-14)7-16-8-11/h1-4H,5-8H2. The molecule has 0 atom stereocenters.